The van der Waals surface area contributed by atoms with Gasteiger partial charge in [-0.1, -0.05) is 0 Å². The number of carbonyl (C=O) groups excluding carboxylic acids is 1. The van der Waals surface area contributed by atoms with Gasteiger partial charge in [0.15, 0.2) is 17.3 Å². The molecule has 0 unspecified atom stereocenters. The maximum absolute atomic E-state index is 13.0. The molecule has 0 radical (unpaired) electrons. The Labute approximate surface area is 165 Å². The van der Waals surface area contributed by atoms with Crippen LogP contribution < -0.4 is 23.8 Å². The first kappa shape index (κ1) is 19.6. The molecule has 3 rings (SSSR count). The third-order valence-electron chi connectivity index (χ3n) is 4.46. The normalized spacial score (nSPS) is 12.7. The number of anilines is 1. The maximum atomic E-state index is 13.0. The molecule has 0 spiro atoms. The molecule has 1 heterocycles. The highest BCUT2D eigenvalue weighted by Gasteiger charge is 2.22. The number of nitrogens with zero attached hydrogens (tertiary/aromatic N) is 1. The molecule has 2 aromatic rings. The lowest BCUT2D eigenvalue weighted by Gasteiger charge is -2.18. The molecule has 1 aliphatic heterocycles. The first-order valence-corrected chi connectivity index (χ1v) is 9.10. The lowest BCUT2D eigenvalue weighted by Crippen LogP contribution is -2.12. The van der Waals surface area contributed by atoms with E-state index in [4.69, 9.17) is 18.9 Å². The molecule has 1 aliphatic rings. The highest BCUT2D eigenvalue weighted by Crippen LogP contribution is 2.43. The molecule has 0 atom stereocenters. The van der Waals surface area contributed by atoms with Crippen molar-refractivity contribution in [3.8, 4) is 23.0 Å². The van der Waals surface area contributed by atoms with Crippen LogP contribution in [0.3, 0.4) is 0 Å². The number of fused-ring (bicyclic) bond motifs is 1. The molecule has 148 valence electrons. The molecule has 0 aliphatic carbocycles. The van der Waals surface area contributed by atoms with Gasteiger partial charge in [0.25, 0.3) is 0 Å². The number of carbonyl (C=O) groups is 1. The van der Waals surface area contributed by atoms with Crippen LogP contribution in [0.15, 0.2) is 35.9 Å². The van der Waals surface area contributed by atoms with Crippen molar-refractivity contribution in [1.82, 2.24) is 0 Å². The van der Waals surface area contributed by atoms with E-state index >= 15 is 0 Å². The van der Waals surface area contributed by atoms with Crippen molar-refractivity contribution in [2.45, 2.75) is 13.8 Å². The van der Waals surface area contributed by atoms with Crippen LogP contribution in [0.4, 0.5) is 5.69 Å². The van der Waals surface area contributed by atoms with Gasteiger partial charge in [-0.15, -0.1) is 0 Å². The minimum atomic E-state index is -0.0640. The number of hydrogen-bond donors (Lipinski definition) is 0. The Kier molecular flexibility index (Phi) is 5.78. The Morgan fingerprint density at radius 2 is 2.00 bits per heavy atom. The van der Waals surface area contributed by atoms with E-state index in [0.717, 1.165) is 17.0 Å². The summed E-state index contributed by atoms with van der Waals surface area (Å²) in [6, 6.07) is 9.14. The predicted molar refractivity (Wildman–Crippen MR) is 109 cm³/mol. The summed E-state index contributed by atoms with van der Waals surface area (Å²) in [6.45, 7) is 4.45. The van der Waals surface area contributed by atoms with E-state index in [2.05, 4.69) is 0 Å². The number of Topliss-reactive ketones (excluding diaryl/α,β-unsaturated/α-hetero) is 1. The highest BCUT2D eigenvalue weighted by atomic mass is 16.7. The first-order valence-electron chi connectivity index (χ1n) is 9.10. The number of ketones is 1. The second-order valence-corrected chi connectivity index (χ2v) is 6.59. The molecular weight excluding hydrogens is 358 g/mol. The molecule has 28 heavy (non-hydrogen) atoms. The SMILES string of the molecule is CCOc1ccc(C(=O)C(C)=Cc2ccc3c(c2OC)OCO3)cc1N(C)C. The largest absolute Gasteiger partial charge is 0.492 e. The van der Waals surface area contributed by atoms with Crippen LogP contribution in [0.5, 0.6) is 23.0 Å². The molecule has 0 amide bonds. The van der Waals surface area contributed by atoms with Crippen molar-refractivity contribution in [1.29, 1.82) is 0 Å². The Morgan fingerprint density at radius 1 is 1.21 bits per heavy atom. The molecule has 0 N–H and O–H groups in total. The number of hydrogen-bond acceptors (Lipinski definition) is 6. The highest BCUT2D eigenvalue weighted by molar-refractivity contribution is 6.11. The van der Waals surface area contributed by atoms with E-state index in [9.17, 15) is 4.79 Å². The van der Waals surface area contributed by atoms with E-state index in [1.54, 1.807) is 26.2 Å². The molecule has 0 bridgehead atoms. The number of benzene rings is 2. The average Bonchev–Trinajstić information content (AvgIpc) is 3.16. The number of methoxy groups -OCH3 is 1. The molecule has 2 aromatic carbocycles. The maximum Gasteiger partial charge on any atom is 0.231 e. The Bertz CT molecular complexity index is 917. The summed E-state index contributed by atoms with van der Waals surface area (Å²) in [6.07, 6.45) is 1.80. The van der Waals surface area contributed by atoms with E-state index in [-0.39, 0.29) is 12.6 Å². The summed E-state index contributed by atoms with van der Waals surface area (Å²) >= 11 is 0. The van der Waals surface area contributed by atoms with Crippen molar-refractivity contribution in [2.75, 3.05) is 39.5 Å². The number of rotatable bonds is 7. The Morgan fingerprint density at radius 3 is 2.68 bits per heavy atom. The molecule has 0 fully saturated rings. The summed E-state index contributed by atoms with van der Waals surface area (Å²) < 4.78 is 22.0. The van der Waals surface area contributed by atoms with Gasteiger partial charge in [0, 0.05) is 25.2 Å². The van der Waals surface area contributed by atoms with Crippen LogP contribution in [0, 0.1) is 0 Å². The molecule has 0 aromatic heterocycles. The summed E-state index contributed by atoms with van der Waals surface area (Å²) in [7, 11) is 5.42. The van der Waals surface area contributed by atoms with Crippen LogP contribution in [-0.2, 0) is 0 Å². The van der Waals surface area contributed by atoms with Crippen molar-refractivity contribution in [3.05, 3.63) is 47.0 Å². The van der Waals surface area contributed by atoms with E-state index < -0.39 is 0 Å². The van der Waals surface area contributed by atoms with E-state index in [1.165, 1.54) is 0 Å². The minimum Gasteiger partial charge on any atom is -0.492 e. The Balaban J connectivity index is 1.94. The van der Waals surface area contributed by atoms with Crippen molar-refractivity contribution < 1.29 is 23.7 Å². The number of allylic oxidation sites excluding steroid dienone is 1. The minimum absolute atomic E-state index is 0.0640. The van der Waals surface area contributed by atoms with Crippen molar-refractivity contribution in [2.24, 2.45) is 0 Å². The zero-order valence-electron chi connectivity index (χ0n) is 16.9. The van der Waals surface area contributed by atoms with Gasteiger partial charge in [0.2, 0.25) is 12.5 Å². The fraction of sp³-hybridized carbons (Fsp3) is 0.318. The van der Waals surface area contributed by atoms with Crippen molar-refractivity contribution in [3.63, 3.8) is 0 Å². The summed E-state index contributed by atoms with van der Waals surface area (Å²) in [4.78, 5) is 14.9. The Hall–Kier alpha value is -3.15. The summed E-state index contributed by atoms with van der Waals surface area (Å²) in [5.74, 6) is 2.45. The second kappa shape index (κ2) is 8.25. The third-order valence-corrected chi connectivity index (χ3v) is 4.46. The lowest BCUT2D eigenvalue weighted by atomic mass is 10.0. The zero-order valence-corrected chi connectivity index (χ0v) is 16.9. The summed E-state index contributed by atoms with van der Waals surface area (Å²) in [5.41, 5.74) is 2.81. The van der Waals surface area contributed by atoms with E-state index in [0.29, 0.717) is 35.0 Å². The van der Waals surface area contributed by atoms with Crippen molar-refractivity contribution >= 4 is 17.5 Å². The molecule has 6 heteroatoms. The summed E-state index contributed by atoms with van der Waals surface area (Å²) in [5, 5.41) is 0. The standard InChI is InChI=1S/C22H25NO5/c1-6-26-18-9-7-15(12-17(18)23(3)4)20(24)14(2)11-16-8-10-19-22(21(16)25-5)28-13-27-19/h7-12H,6,13H2,1-5H3. The fourth-order valence-electron chi connectivity index (χ4n) is 3.10. The van der Waals surface area contributed by atoms with Gasteiger partial charge in [-0.3, -0.25) is 4.79 Å². The first-order chi connectivity index (χ1) is 13.5. The zero-order chi connectivity index (χ0) is 20.3. The van der Waals surface area contributed by atoms with E-state index in [1.807, 2.05) is 50.2 Å². The smallest absolute Gasteiger partial charge is 0.231 e. The third kappa shape index (κ3) is 3.76. The lowest BCUT2D eigenvalue weighted by molar-refractivity contribution is 0.103. The van der Waals surface area contributed by atoms with Crippen LogP contribution in [0.25, 0.3) is 6.08 Å². The second-order valence-electron chi connectivity index (χ2n) is 6.59. The molecule has 0 saturated heterocycles. The van der Waals surface area contributed by atoms with Gasteiger partial charge in [-0.2, -0.15) is 0 Å². The van der Waals surface area contributed by atoms with Gasteiger partial charge in [-0.05, 0) is 55.8 Å². The quantitative estimate of drug-likeness (QED) is 0.528. The number of ether oxygens (including phenoxy) is 4. The van der Waals surface area contributed by atoms with Gasteiger partial charge in [-0.25, -0.2) is 0 Å². The average molecular weight is 383 g/mol. The molecule has 6 nitrogen and oxygen atoms in total. The monoisotopic (exact) mass is 383 g/mol. The van der Waals surface area contributed by atoms with Crippen LogP contribution >= 0.6 is 0 Å². The fourth-order valence-corrected chi connectivity index (χ4v) is 3.10. The predicted octanol–water partition coefficient (Wildman–Crippen LogP) is 4.17. The van der Waals surface area contributed by atoms with Crippen LogP contribution in [-0.4, -0.2) is 40.4 Å². The van der Waals surface area contributed by atoms with Gasteiger partial charge in [0.1, 0.15) is 5.75 Å². The topological polar surface area (TPSA) is 57.2 Å². The molecular formula is C22H25NO5. The molecule has 0 saturated carbocycles. The van der Waals surface area contributed by atoms with Crippen LogP contribution in [0.1, 0.15) is 29.8 Å². The van der Waals surface area contributed by atoms with Gasteiger partial charge >= 0.3 is 0 Å². The van der Waals surface area contributed by atoms with Crippen LogP contribution in [0.2, 0.25) is 0 Å². The van der Waals surface area contributed by atoms with Gasteiger partial charge < -0.3 is 23.8 Å². The van der Waals surface area contributed by atoms with Gasteiger partial charge in [0.05, 0.1) is 19.4 Å².